The zero-order valence-electron chi connectivity index (χ0n) is 9.07. The van der Waals surface area contributed by atoms with Crippen molar-refractivity contribution in [1.82, 2.24) is 4.90 Å². The van der Waals surface area contributed by atoms with Gasteiger partial charge < -0.3 is 5.73 Å². The van der Waals surface area contributed by atoms with Gasteiger partial charge in [0.25, 0.3) is 0 Å². The van der Waals surface area contributed by atoms with Crippen LogP contribution in [0.5, 0.6) is 0 Å². The van der Waals surface area contributed by atoms with Crippen LogP contribution in [0.3, 0.4) is 0 Å². The highest BCUT2D eigenvalue weighted by atomic mass is 32.1. The first-order chi connectivity index (χ1) is 6.72. The first-order valence-electron chi connectivity index (χ1n) is 5.16. The number of hydrogen-bond acceptors (Lipinski definition) is 3. The van der Waals surface area contributed by atoms with Gasteiger partial charge in [0, 0.05) is 26.2 Å². The molecular weight excluding hydrogens is 192 g/mol. The summed E-state index contributed by atoms with van der Waals surface area (Å²) in [6.45, 7) is 8.41. The first kappa shape index (κ1) is 11.7. The largest absolute Gasteiger partial charge is 0.329 e. The van der Waals surface area contributed by atoms with Gasteiger partial charge in [-0.15, -0.1) is 0 Å². The molecule has 0 aromatic carbocycles. The zero-order chi connectivity index (χ0) is 10.4. The Hall–Kier alpha value is -0.380. The summed E-state index contributed by atoms with van der Waals surface area (Å²) in [7, 11) is 0. The minimum Gasteiger partial charge on any atom is -0.329 e. The minimum atomic E-state index is 0.709. The zero-order valence-corrected chi connectivity index (χ0v) is 9.89. The van der Waals surface area contributed by atoms with Crippen LogP contribution in [-0.2, 0) is 6.54 Å². The SMILES string of the molecule is CC(C)CN(CCN)Cc1ccsc1. The van der Waals surface area contributed by atoms with Crippen molar-refractivity contribution in [2.45, 2.75) is 20.4 Å². The highest BCUT2D eigenvalue weighted by molar-refractivity contribution is 7.07. The first-order valence-corrected chi connectivity index (χ1v) is 6.10. The highest BCUT2D eigenvalue weighted by Gasteiger charge is 2.07. The summed E-state index contributed by atoms with van der Waals surface area (Å²) in [5.41, 5.74) is 7.00. The van der Waals surface area contributed by atoms with Crippen molar-refractivity contribution in [2.75, 3.05) is 19.6 Å². The second-order valence-electron chi connectivity index (χ2n) is 4.05. The summed E-state index contributed by atoms with van der Waals surface area (Å²) >= 11 is 1.76. The molecule has 0 aliphatic heterocycles. The Bertz CT molecular complexity index is 231. The number of hydrogen-bond donors (Lipinski definition) is 1. The van der Waals surface area contributed by atoms with Gasteiger partial charge in [0.1, 0.15) is 0 Å². The molecule has 1 aromatic rings. The predicted molar refractivity (Wildman–Crippen MR) is 63.5 cm³/mol. The average Bonchev–Trinajstić information content (AvgIpc) is 2.56. The number of thiophene rings is 1. The Labute approximate surface area is 90.7 Å². The Morgan fingerprint density at radius 1 is 1.50 bits per heavy atom. The third-order valence-electron chi connectivity index (χ3n) is 2.05. The molecule has 1 heterocycles. The van der Waals surface area contributed by atoms with E-state index in [-0.39, 0.29) is 0 Å². The molecule has 0 radical (unpaired) electrons. The molecule has 0 bridgehead atoms. The third-order valence-corrected chi connectivity index (χ3v) is 2.79. The monoisotopic (exact) mass is 212 g/mol. The van der Waals surface area contributed by atoms with Gasteiger partial charge in [-0.1, -0.05) is 13.8 Å². The maximum absolute atomic E-state index is 5.60. The second kappa shape index (κ2) is 6.17. The molecule has 0 saturated heterocycles. The van der Waals surface area contributed by atoms with Gasteiger partial charge in [0.05, 0.1) is 0 Å². The number of rotatable bonds is 6. The van der Waals surface area contributed by atoms with Gasteiger partial charge in [-0.25, -0.2) is 0 Å². The van der Waals surface area contributed by atoms with Crippen LogP contribution in [0.4, 0.5) is 0 Å². The molecular formula is C11H20N2S. The van der Waals surface area contributed by atoms with Crippen molar-refractivity contribution in [3.05, 3.63) is 22.4 Å². The quantitative estimate of drug-likeness (QED) is 0.783. The standard InChI is InChI=1S/C11H20N2S/c1-10(2)7-13(5-4-12)8-11-3-6-14-9-11/h3,6,9-10H,4-5,7-8,12H2,1-2H3. The van der Waals surface area contributed by atoms with Gasteiger partial charge in [-0.05, 0) is 28.3 Å². The van der Waals surface area contributed by atoms with Crippen molar-refractivity contribution in [3.8, 4) is 0 Å². The Balaban J connectivity index is 2.42. The summed E-state index contributed by atoms with van der Waals surface area (Å²) in [4.78, 5) is 2.42. The molecule has 0 amide bonds. The molecule has 1 rings (SSSR count). The van der Waals surface area contributed by atoms with Crippen molar-refractivity contribution in [3.63, 3.8) is 0 Å². The lowest BCUT2D eigenvalue weighted by Crippen LogP contribution is -2.32. The van der Waals surface area contributed by atoms with E-state index in [1.165, 1.54) is 5.56 Å². The van der Waals surface area contributed by atoms with Crippen LogP contribution >= 0.6 is 11.3 Å². The Morgan fingerprint density at radius 3 is 2.79 bits per heavy atom. The normalized spacial score (nSPS) is 11.5. The average molecular weight is 212 g/mol. The molecule has 80 valence electrons. The summed E-state index contributed by atoms with van der Waals surface area (Å²) in [5.74, 6) is 0.709. The molecule has 0 aliphatic rings. The van der Waals surface area contributed by atoms with E-state index in [1.54, 1.807) is 11.3 Å². The minimum absolute atomic E-state index is 0.709. The van der Waals surface area contributed by atoms with Gasteiger partial charge in [0.15, 0.2) is 0 Å². The van der Waals surface area contributed by atoms with Gasteiger partial charge in [-0.3, -0.25) is 4.90 Å². The maximum atomic E-state index is 5.60. The van der Waals surface area contributed by atoms with Gasteiger partial charge >= 0.3 is 0 Å². The van der Waals surface area contributed by atoms with E-state index in [0.717, 1.165) is 26.2 Å². The van der Waals surface area contributed by atoms with Crippen molar-refractivity contribution < 1.29 is 0 Å². The molecule has 3 heteroatoms. The van der Waals surface area contributed by atoms with E-state index in [9.17, 15) is 0 Å². The van der Waals surface area contributed by atoms with Crippen molar-refractivity contribution in [2.24, 2.45) is 11.7 Å². The van der Waals surface area contributed by atoms with Gasteiger partial charge in [-0.2, -0.15) is 11.3 Å². The van der Waals surface area contributed by atoms with Crippen LogP contribution in [0.2, 0.25) is 0 Å². The van der Waals surface area contributed by atoms with E-state index in [1.807, 2.05) is 0 Å². The van der Waals surface area contributed by atoms with Crippen molar-refractivity contribution in [1.29, 1.82) is 0 Å². The van der Waals surface area contributed by atoms with Crippen LogP contribution in [0.1, 0.15) is 19.4 Å². The number of nitrogens with two attached hydrogens (primary N) is 1. The van der Waals surface area contributed by atoms with E-state index >= 15 is 0 Å². The van der Waals surface area contributed by atoms with Crippen LogP contribution in [0, 0.1) is 5.92 Å². The summed E-state index contributed by atoms with van der Waals surface area (Å²) < 4.78 is 0. The molecule has 14 heavy (non-hydrogen) atoms. The lowest BCUT2D eigenvalue weighted by Gasteiger charge is -2.22. The van der Waals surface area contributed by atoms with Crippen LogP contribution in [0.15, 0.2) is 16.8 Å². The molecule has 2 N–H and O–H groups in total. The molecule has 0 atom stereocenters. The predicted octanol–water partition coefficient (Wildman–Crippen LogP) is 2.16. The van der Waals surface area contributed by atoms with E-state index in [4.69, 9.17) is 5.73 Å². The Morgan fingerprint density at radius 2 is 2.29 bits per heavy atom. The van der Waals surface area contributed by atoms with Crippen molar-refractivity contribution >= 4 is 11.3 Å². The fourth-order valence-corrected chi connectivity index (χ4v) is 2.23. The molecule has 2 nitrogen and oxygen atoms in total. The maximum Gasteiger partial charge on any atom is 0.0242 e. The number of nitrogens with zero attached hydrogens (tertiary/aromatic N) is 1. The fraction of sp³-hybridized carbons (Fsp3) is 0.636. The molecule has 1 aromatic heterocycles. The smallest absolute Gasteiger partial charge is 0.0242 e. The van der Waals surface area contributed by atoms with Crippen LogP contribution in [-0.4, -0.2) is 24.5 Å². The Kier molecular flexibility index (Phi) is 5.15. The molecule has 0 spiro atoms. The topological polar surface area (TPSA) is 29.3 Å². The summed E-state index contributed by atoms with van der Waals surface area (Å²) in [6, 6.07) is 2.19. The highest BCUT2D eigenvalue weighted by Crippen LogP contribution is 2.10. The fourth-order valence-electron chi connectivity index (χ4n) is 1.57. The molecule has 0 fully saturated rings. The lowest BCUT2D eigenvalue weighted by molar-refractivity contribution is 0.243. The van der Waals surface area contributed by atoms with Gasteiger partial charge in [0.2, 0.25) is 0 Å². The third kappa shape index (κ3) is 4.22. The second-order valence-corrected chi connectivity index (χ2v) is 4.83. The lowest BCUT2D eigenvalue weighted by atomic mass is 10.2. The molecule has 0 saturated carbocycles. The molecule has 0 unspecified atom stereocenters. The van der Waals surface area contributed by atoms with E-state index in [0.29, 0.717) is 5.92 Å². The van der Waals surface area contributed by atoms with Crippen LogP contribution in [0.25, 0.3) is 0 Å². The summed E-state index contributed by atoms with van der Waals surface area (Å²) in [6.07, 6.45) is 0. The van der Waals surface area contributed by atoms with Crippen LogP contribution < -0.4 is 5.73 Å². The molecule has 0 aliphatic carbocycles. The van der Waals surface area contributed by atoms with E-state index < -0.39 is 0 Å². The van der Waals surface area contributed by atoms with E-state index in [2.05, 4.69) is 35.6 Å². The summed E-state index contributed by atoms with van der Waals surface area (Å²) in [5, 5.41) is 4.34.